The maximum absolute atomic E-state index is 12.3. The summed E-state index contributed by atoms with van der Waals surface area (Å²) in [5, 5.41) is 9.25. The van der Waals surface area contributed by atoms with Crippen molar-refractivity contribution in [3.05, 3.63) is 34.9 Å². The third-order valence-electron chi connectivity index (χ3n) is 4.94. The first kappa shape index (κ1) is 24.9. The Morgan fingerprint density at radius 1 is 1.07 bits per heavy atom. The van der Waals surface area contributed by atoms with Gasteiger partial charge in [0.25, 0.3) is 8.32 Å². The molecule has 1 rings (SSSR count). The van der Waals surface area contributed by atoms with Crippen molar-refractivity contribution in [3.63, 3.8) is 0 Å². The Morgan fingerprint density at radius 2 is 1.62 bits per heavy atom. The van der Waals surface area contributed by atoms with Crippen LogP contribution in [0.15, 0.2) is 23.8 Å². The molecule has 1 aromatic rings. The monoisotopic (exact) mass is 422 g/mol. The molecular formula is C22H34O6Si. The molecule has 0 radical (unpaired) electrons. The van der Waals surface area contributed by atoms with Crippen LogP contribution in [0.1, 0.15) is 45.7 Å². The first-order valence-electron chi connectivity index (χ1n) is 9.95. The average molecular weight is 423 g/mol. The molecule has 162 valence electrons. The normalized spacial score (nSPS) is 11.6. The lowest BCUT2D eigenvalue weighted by molar-refractivity contribution is -0.146. The van der Waals surface area contributed by atoms with Crippen LogP contribution in [-0.2, 0) is 25.5 Å². The van der Waals surface area contributed by atoms with Crippen molar-refractivity contribution in [1.29, 1.82) is 0 Å². The summed E-state index contributed by atoms with van der Waals surface area (Å²) in [5.41, 5.74) is 1.32. The van der Waals surface area contributed by atoms with Crippen LogP contribution in [0, 0.1) is 0 Å². The van der Waals surface area contributed by atoms with Gasteiger partial charge in [-0.3, -0.25) is 0 Å². The molecule has 0 unspecified atom stereocenters. The smallest absolute Gasteiger partial charge is 0.345 e. The highest BCUT2D eigenvalue weighted by molar-refractivity contribution is 6.74. The fourth-order valence-corrected chi connectivity index (χ4v) is 3.31. The van der Waals surface area contributed by atoms with E-state index in [1.165, 1.54) is 6.08 Å². The Balaban J connectivity index is 3.51. The summed E-state index contributed by atoms with van der Waals surface area (Å²) < 4.78 is 16.5. The summed E-state index contributed by atoms with van der Waals surface area (Å²) in [5.74, 6) is -0.888. The molecule has 0 aromatic heterocycles. The first-order chi connectivity index (χ1) is 13.5. The van der Waals surface area contributed by atoms with Crippen molar-refractivity contribution in [1.82, 2.24) is 0 Å². The van der Waals surface area contributed by atoms with Crippen LogP contribution in [0.25, 0.3) is 6.08 Å². The van der Waals surface area contributed by atoms with E-state index in [-0.39, 0.29) is 30.4 Å². The molecule has 0 heterocycles. The van der Waals surface area contributed by atoms with Gasteiger partial charge in [-0.15, -0.1) is 0 Å². The van der Waals surface area contributed by atoms with E-state index in [1.807, 2.05) is 12.1 Å². The third kappa shape index (κ3) is 7.01. The average Bonchev–Trinajstić information content (AvgIpc) is 2.60. The molecule has 0 saturated heterocycles. The molecule has 0 aliphatic rings. The van der Waals surface area contributed by atoms with Gasteiger partial charge in [-0.25, -0.2) is 9.59 Å². The quantitative estimate of drug-likeness (QED) is 0.212. The van der Waals surface area contributed by atoms with Crippen molar-refractivity contribution in [2.45, 2.75) is 59.2 Å². The molecule has 0 aliphatic carbocycles. The molecule has 1 N–H and O–H groups in total. The van der Waals surface area contributed by atoms with Gasteiger partial charge in [-0.1, -0.05) is 32.9 Å². The van der Waals surface area contributed by atoms with Gasteiger partial charge in [0.05, 0.1) is 13.2 Å². The number of carbonyl (C=O) groups excluding carboxylic acids is 2. The Kier molecular flexibility index (Phi) is 9.10. The summed E-state index contributed by atoms with van der Waals surface area (Å²) in [4.78, 5) is 24.7. The van der Waals surface area contributed by atoms with Crippen molar-refractivity contribution < 1.29 is 28.6 Å². The van der Waals surface area contributed by atoms with Gasteiger partial charge in [0, 0.05) is 12.2 Å². The van der Waals surface area contributed by atoms with Crippen molar-refractivity contribution >= 4 is 26.3 Å². The van der Waals surface area contributed by atoms with Crippen LogP contribution >= 0.6 is 0 Å². The van der Waals surface area contributed by atoms with E-state index in [1.54, 1.807) is 19.9 Å². The van der Waals surface area contributed by atoms with Gasteiger partial charge in [-0.2, -0.15) is 0 Å². The molecule has 0 atom stereocenters. The third-order valence-corrected chi connectivity index (χ3v) is 9.28. The second-order valence-electron chi connectivity index (χ2n) is 8.21. The van der Waals surface area contributed by atoms with Gasteiger partial charge in [0.15, 0.2) is 0 Å². The molecular weight excluding hydrogens is 388 g/mol. The second-order valence-corrected chi connectivity index (χ2v) is 12.9. The highest BCUT2D eigenvalue weighted by atomic mass is 28.4. The fourth-order valence-electron chi connectivity index (χ4n) is 2.27. The van der Waals surface area contributed by atoms with Gasteiger partial charge < -0.3 is 19.0 Å². The minimum absolute atomic E-state index is 0.0195. The van der Waals surface area contributed by atoms with Crippen LogP contribution in [-0.4, -0.2) is 45.2 Å². The Morgan fingerprint density at radius 3 is 2.07 bits per heavy atom. The predicted molar refractivity (Wildman–Crippen MR) is 116 cm³/mol. The first-order valence-corrected chi connectivity index (χ1v) is 12.9. The minimum atomic E-state index is -2.18. The summed E-state index contributed by atoms with van der Waals surface area (Å²) >= 11 is 0. The second kappa shape index (κ2) is 10.6. The minimum Gasteiger partial charge on any atom is -0.543 e. The van der Waals surface area contributed by atoms with E-state index in [2.05, 4.69) is 33.9 Å². The Labute approximate surface area is 175 Å². The topological polar surface area (TPSA) is 82.1 Å². The molecule has 1 aromatic carbocycles. The van der Waals surface area contributed by atoms with Crippen LogP contribution in [0.5, 0.6) is 5.75 Å². The van der Waals surface area contributed by atoms with E-state index in [0.717, 1.165) is 5.56 Å². The maximum Gasteiger partial charge on any atom is 0.345 e. The predicted octanol–water partition coefficient (Wildman–Crippen LogP) is 4.12. The molecule has 0 aliphatic heterocycles. The van der Waals surface area contributed by atoms with Crippen molar-refractivity contribution in [2.75, 3.05) is 19.8 Å². The maximum atomic E-state index is 12.3. The van der Waals surface area contributed by atoms with Gasteiger partial charge in [-0.05, 0) is 56.1 Å². The zero-order valence-electron chi connectivity index (χ0n) is 18.6. The summed E-state index contributed by atoms with van der Waals surface area (Å²) in [6.45, 7) is 14.3. The largest absolute Gasteiger partial charge is 0.543 e. The van der Waals surface area contributed by atoms with Crippen LogP contribution in [0.3, 0.4) is 0 Å². The van der Waals surface area contributed by atoms with E-state index in [9.17, 15) is 14.7 Å². The molecule has 0 amide bonds. The van der Waals surface area contributed by atoms with Gasteiger partial charge >= 0.3 is 11.9 Å². The Bertz CT molecular complexity index is 726. The zero-order valence-corrected chi connectivity index (χ0v) is 19.6. The van der Waals surface area contributed by atoms with Crippen LogP contribution in [0.4, 0.5) is 0 Å². The number of rotatable bonds is 9. The number of benzene rings is 1. The lowest BCUT2D eigenvalue weighted by Crippen LogP contribution is -2.44. The van der Waals surface area contributed by atoms with E-state index in [4.69, 9.17) is 13.9 Å². The molecule has 7 heteroatoms. The summed E-state index contributed by atoms with van der Waals surface area (Å²) in [6.07, 6.45) is 1.95. The van der Waals surface area contributed by atoms with Crippen molar-refractivity contribution in [2.24, 2.45) is 0 Å². The highest BCUT2D eigenvalue weighted by Crippen LogP contribution is 2.39. The number of ether oxygens (including phenoxy) is 2. The number of aliphatic hydroxyl groups is 1. The molecule has 0 spiro atoms. The van der Waals surface area contributed by atoms with E-state index < -0.39 is 20.3 Å². The Hall–Kier alpha value is -2.12. The number of hydrogen-bond acceptors (Lipinski definition) is 6. The fraction of sp³-hybridized carbons (Fsp3) is 0.545. The number of aliphatic hydroxyl groups excluding tert-OH is 1. The van der Waals surface area contributed by atoms with Crippen LogP contribution < -0.4 is 4.43 Å². The molecule has 0 fully saturated rings. The summed E-state index contributed by atoms with van der Waals surface area (Å²) in [7, 11) is -2.18. The van der Waals surface area contributed by atoms with Gasteiger partial charge in [0.1, 0.15) is 11.3 Å². The highest BCUT2D eigenvalue weighted by Gasteiger charge is 2.39. The molecule has 6 nitrogen and oxygen atoms in total. The molecule has 0 saturated carbocycles. The molecule has 29 heavy (non-hydrogen) atoms. The number of esters is 2. The number of carbonyl (C=O) groups is 2. The lowest BCUT2D eigenvalue weighted by atomic mass is 10.1. The van der Waals surface area contributed by atoms with E-state index in [0.29, 0.717) is 17.7 Å². The van der Waals surface area contributed by atoms with E-state index >= 15 is 0 Å². The summed E-state index contributed by atoms with van der Waals surface area (Å²) in [6, 6.07) is 5.48. The number of hydrogen-bond donors (Lipinski definition) is 1. The van der Waals surface area contributed by atoms with Crippen molar-refractivity contribution in [3.8, 4) is 5.75 Å². The SMILES string of the molecule is CCOC(=O)C(=Cc1ccc(CCO)cc1O[Si](C)(C)C(C)(C)C)C(=O)OCC. The molecule has 0 bridgehead atoms. The zero-order chi connectivity index (χ0) is 22.2. The standard InChI is InChI=1S/C22H34O6Si/c1-8-26-20(24)18(21(25)27-9-2)15-17-11-10-16(12-13-23)14-19(17)28-29(6,7)22(3,4)5/h10-11,14-15,23H,8-9,12-13H2,1-7H3. The van der Waals surface area contributed by atoms with Crippen LogP contribution in [0.2, 0.25) is 18.1 Å². The van der Waals surface area contributed by atoms with Gasteiger partial charge in [0.2, 0.25) is 0 Å². The lowest BCUT2D eigenvalue weighted by Gasteiger charge is -2.37.